The van der Waals surface area contributed by atoms with Gasteiger partial charge in [-0.15, -0.1) is 0 Å². The summed E-state index contributed by atoms with van der Waals surface area (Å²) in [6.07, 6.45) is 3.00. The number of benzene rings is 2. The van der Waals surface area contributed by atoms with Gasteiger partial charge in [0.2, 0.25) is 5.90 Å². The number of carbonyl (C=O) groups excluding carboxylic acids is 1. The Kier molecular flexibility index (Phi) is 6.39. The minimum atomic E-state index is -0.741. The van der Waals surface area contributed by atoms with Gasteiger partial charge < -0.3 is 14.2 Å². The van der Waals surface area contributed by atoms with Gasteiger partial charge in [-0.3, -0.25) is 10.1 Å². The molecule has 0 bridgehead atoms. The number of nitrogens with zero attached hydrogens (tertiary/aromatic N) is 2. The van der Waals surface area contributed by atoms with Crippen LogP contribution in [0.15, 0.2) is 53.7 Å². The summed E-state index contributed by atoms with van der Waals surface area (Å²) in [5.74, 6) is -0.185. The van der Waals surface area contributed by atoms with E-state index < -0.39 is 10.9 Å². The largest absolute Gasteiger partial charge is 0.493 e. The number of nitro groups is 1. The van der Waals surface area contributed by atoms with Gasteiger partial charge in [-0.1, -0.05) is 35.9 Å². The second kappa shape index (κ2) is 8.98. The summed E-state index contributed by atoms with van der Waals surface area (Å²) >= 11 is 12.3. The van der Waals surface area contributed by atoms with Crippen LogP contribution in [0.4, 0.5) is 5.69 Å². The van der Waals surface area contributed by atoms with Crippen LogP contribution in [0.5, 0.6) is 11.5 Å². The maximum absolute atomic E-state index is 12.3. The van der Waals surface area contributed by atoms with E-state index in [2.05, 4.69) is 11.6 Å². The van der Waals surface area contributed by atoms with Crippen molar-refractivity contribution in [1.29, 1.82) is 0 Å². The summed E-state index contributed by atoms with van der Waals surface area (Å²) in [4.78, 5) is 26.8. The number of methoxy groups -OCH3 is 1. The van der Waals surface area contributed by atoms with E-state index in [-0.39, 0.29) is 39.5 Å². The third-order valence-corrected chi connectivity index (χ3v) is 4.52. The Labute approximate surface area is 181 Å². The van der Waals surface area contributed by atoms with Gasteiger partial charge in [0, 0.05) is 12.1 Å². The van der Waals surface area contributed by atoms with Crippen LogP contribution in [0.3, 0.4) is 0 Å². The zero-order valence-corrected chi connectivity index (χ0v) is 17.1. The number of hydrogen-bond acceptors (Lipinski definition) is 7. The Morgan fingerprint density at radius 1 is 1.27 bits per heavy atom. The third-order valence-electron chi connectivity index (χ3n) is 3.91. The van der Waals surface area contributed by atoms with Crippen molar-refractivity contribution in [2.24, 2.45) is 4.99 Å². The molecule has 0 aromatic heterocycles. The summed E-state index contributed by atoms with van der Waals surface area (Å²) in [7, 11) is 1.45. The molecule has 0 atom stereocenters. The number of esters is 1. The van der Waals surface area contributed by atoms with Gasteiger partial charge in [-0.25, -0.2) is 9.79 Å². The first-order chi connectivity index (χ1) is 14.3. The fourth-order valence-corrected chi connectivity index (χ4v) is 3.05. The van der Waals surface area contributed by atoms with Crippen molar-refractivity contribution in [2.45, 2.75) is 0 Å². The smallest absolute Gasteiger partial charge is 0.363 e. The predicted octanol–water partition coefficient (Wildman–Crippen LogP) is 4.82. The van der Waals surface area contributed by atoms with E-state index in [1.54, 1.807) is 18.2 Å². The van der Waals surface area contributed by atoms with Gasteiger partial charge in [-0.05, 0) is 29.8 Å². The van der Waals surface area contributed by atoms with E-state index in [0.717, 1.165) is 0 Å². The third kappa shape index (κ3) is 4.45. The fraction of sp³-hybridized carbons (Fsp3) is 0.100. The maximum atomic E-state index is 12.3. The molecule has 2 aromatic carbocycles. The molecular formula is C20H14Cl2N2O6. The lowest BCUT2D eigenvalue weighted by atomic mass is 10.1. The SMILES string of the molecule is C=CCOc1c(Cl)cc(/C=C2\N=C(c3cc([N+](=O)[O-])ccc3Cl)OC2=O)cc1OC. The normalized spacial score (nSPS) is 14.3. The van der Waals surface area contributed by atoms with Gasteiger partial charge in [-0.2, -0.15) is 0 Å². The van der Waals surface area contributed by atoms with E-state index in [1.165, 1.54) is 31.4 Å². The van der Waals surface area contributed by atoms with Crippen molar-refractivity contribution >= 4 is 46.8 Å². The second-order valence-corrected chi connectivity index (χ2v) is 6.71. The van der Waals surface area contributed by atoms with Gasteiger partial charge >= 0.3 is 5.97 Å². The Morgan fingerprint density at radius 2 is 2.03 bits per heavy atom. The summed E-state index contributed by atoms with van der Waals surface area (Å²) in [6, 6.07) is 6.93. The average Bonchev–Trinajstić information content (AvgIpc) is 3.07. The lowest BCUT2D eigenvalue weighted by Gasteiger charge is -2.12. The highest BCUT2D eigenvalue weighted by molar-refractivity contribution is 6.34. The van der Waals surface area contributed by atoms with E-state index in [4.69, 9.17) is 37.4 Å². The quantitative estimate of drug-likeness (QED) is 0.198. The van der Waals surface area contributed by atoms with Crippen molar-refractivity contribution in [2.75, 3.05) is 13.7 Å². The Bertz CT molecular complexity index is 1110. The lowest BCUT2D eigenvalue weighted by Crippen LogP contribution is -2.06. The van der Waals surface area contributed by atoms with E-state index in [9.17, 15) is 14.9 Å². The number of halogens is 2. The molecule has 1 aliphatic heterocycles. The number of aliphatic imine (C=N–C) groups is 1. The van der Waals surface area contributed by atoms with Crippen LogP contribution in [-0.2, 0) is 9.53 Å². The zero-order valence-electron chi connectivity index (χ0n) is 15.6. The highest BCUT2D eigenvalue weighted by Gasteiger charge is 2.27. The standard InChI is InChI=1S/C20H14Cl2N2O6/c1-3-6-29-18-15(22)7-11(9-17(18)28-2)8-16-20(25)30-19(23-16)13-10-12(24(26)27)4-5-14(13)21/h3-5,7-10H,1,6H2,2H3/b16-8-. The van der Waals surface area contributed by atoms with Crippen LogP contribution in [0.1, 0.15) is 11.1 Å². The van der Waals surface area contributed by atoms with Crippen molar-refractivity contribution in [3.8, 4) is 11.5 Å². The van der Waals surface area contributed by atoms with Crippen molar-refractivity contribution in [3.05, 3.63) is 80.0 Å². The molecule has 154 valence electrons. The average molecular weight is 449 g/mol. The molecule has 1 aliphatic rings. The molecule has 3 rings (SSSR count). The summed E-state index contributed by atoms with van der Waals surface area (Å²) in [5.41, 5.74) is 0.388. The van der Waals surface area contributed by atoms with Gasteiger partial charge in [0.15, 0.2) is 17.2 Å². The van der Waals surface area contributed by atoms with Crippen LogP contribution in [0.25, 0.3) is 6.08 Å². The number of carbonyl (C=O) groups is 1. The Balaban J connectivity index is 1.99. The topological polar surface area (TPSA) is 100 Å². The molecule has 0 saturated heterocycles. The van der Waals surface area contributed by atoms with Crippen LogP contribution in [0, 0.1) is 10.1 Å². The first-order valence-electron chi connectivity index (χ1n) is 8.42. The van der Waals surface area contributed by atoms with Crippen molar-refractivity contribution < 1.29 is 23.9 Å². The van der Waals surface area contributed by atoms with Crippen LogP contribution in [0.2, 0.25) is 10.0 Å². The highest BCUT2D eigenvalue weighted by Crippen LogP contribution is 2.37. The van der Waals surface area contributed by atoms with Crippen molar-refractivity contribution in [1.82, 2.24) is 0 Å². The number of ether oxygens (including phenoxy) is 3. The minimum Gasteiger partial charge on any atom is -0.493 e. The first kappa shape index (κ1) is 21.4. The lowest BCUT2D eigenvalue weighted by molar-refractivity contribution is -0.384. The summed E-state index contributed by atoms with van der Waals surface area (Å²) < 4.78 is 15.9. The second-order valence-electron chi connectivity index (χ2n) is 5.89. The molecule has 0 saturated carbocycles. The molecule has 0 spiro atoms. The zero-order chi connectivity index (χ0) is 21.8. The number of hydrogen-bond donors (Lipinski definition) is 0. The number of non-ortho nitro benzene ring substituents is 1. The first-order valence-corrected chi connectivity index (χ1v) is 9.17. The fourth-order valence-electron chi connectivity index (χ4n) is 2.58. The van der Waals surface area contributed by atoms with E-state index in [0.29, 0.717) is 17.1 Å². The molecule has 0 amide bonds. The molecule has 0 radical (unpaired) electrons. The van der Waals surface area contributed by atoms with Crippen LogP contribution in [-0.4, -0.2) is 30.5 Å². The molecule has 1 heterocycles. The molecule has 0 unspecified atom stereocenters. The molecule has 8 nitrogen and oxygen atoms in total. The van der Waals surface area contributed by atoms with Gasteiger partial charge in [0.25, 0.3) is 5.69 Å². The van der Waals surface area contributed by atoms with Gasteiger partial charge in [0.05, 0.1) is 27.6 Å². The monoisotopic (exact) mass is 448 g/mol. The number of nitro benzene ring substituents is 1. The molecule has 30 heavy (non-hydrogen) atoms. The highest BCUT2D eigenvalue weighted by atomic mass is 35.5. The molecule has 0 N–H and O–H groups in total. The minimum absolute atomic E-state index is 0.0366. The van der Waals surface area contributed by atoms with Gasteiger partial charge in [0.1, 0.15) is 6.61 Å². The van der Waals surface area contributed by atoms with E-state index >= 15 is 0 Å². The summed E-state index contributed by atoms with van der Waals surface area (Å²) in [5, 5.41) is 11.4. The molecule has 0 aliphatic carbocycles. The van der Waals surface area contributed by atoms with Crippen molar-refractivity contribution in [3.63, 3.8) is 0 Å². The Hall–Kier alpha value is -3.36. The number of cyclic esters (lactones) is 1. The number of rotatable bonds is 7. The summed E-state index contributed by atoms with van der Waals surface area (Å²) in [6.45, 7) is 3.81. The predicted molar refractivity (Wildman–Crippen MR) is 112 cm³/mol. The van der Waals surface area contributed by atoms with E-state index in [1.807, 2.05) is 0 Å². The molecular weight excluding hydrogens is 435 g/mol. The molecule has 2 aromatic rings. The Morgan fingerprint density at radius 3 is 2.70 bits per heavy atom. The molecule has 10 heteroatoms. The van der Waals surface area contributed by atoms with Crippen LogP contribution >= 0.6 is 23.2 Å². The maximum Gasteiger partial charge on any atom is 0.363 e. The molecule has 0 fully saturated rings. The van der Waals surface area contributed by atoms with Crippen LogP contribution < -0.4 is 9.47 Å².